The summed E-state index contributed by atoms with van der Waals surface area (Å²) in [4.78, 5) is 19.6. The number of rotatable bonds is 1. The molecule has 0 radical (unpaired) electrons. The molecule has 31 heavy (non-hydrogen) atoms. The molecule has 0 spiro atoms. The van der Waals surface area contributed by atoms with E-state index in [9.17, 15) is 4.79 Å². The Labute approximate surface area is 187 Å². The van der Waals surface area contributed by atoms with Gasteiger partial charge in [0.1, 0.15) is 11.3 Å². The van der Waals surface area contributed by atoms with Gasteiger partial charge in [0.2, 0.25) is 0 Å². The Balaban J connectivity index is 1.58. The van der Waals surface area contributed by atoms with Crippen molar-refractivity contribution in [3.63, 3.8) is 0 Å². The van der Waals surface area contributed by atoms with Crippen LogP contribution in [0.4, 0.5) is 5.69 Å². The van der Waals surface area contributed by atoms with E-state index in [2.05, 4.69) is 0 Å². The van der Waals surface area contributed by atoms with Gasteiger partial charge in [-0.2, -0.15) is 0 Å². The van der Waals surface area contributed by atoms with Crippen molar-refractivity contribution in [3.05, 3.63) is 99.4 Å². The summed E-state index contributed by atoms with van der Waals surface area (Å²) in [6, 6.07) is 21.1. The van der Waals surface area contributed by atoms with Gasteiger partial charge < -0.3 is 9.15 Å². The number of nitrogens with zero attached hydrogens (tertiary/aromatic N) is 1. The smallest absolute Gasteiger partial charge is 0.197 e. The number of ether oxygens (including phenoxy) is 1. The highest BCUT2D eigenvalue weighted by molar-refractivity contribution is 7.99. The van der Waals surface area contributed by atoms with Crippen LogP contribution in [0.15, 0.2) is 92.1 Å². The lowest BCUT2D eigenvalue weighted by Crippen LogP contribution is -2.33. The molecule has 6 rings (SSSR count). The van der Waals surface area contributed by atoms with Crippen LogP contribution in [-0.2, 0) is 0 Å². The molecular weight excluding hydrogens is 430 g/mol. The maximum Gasteiger partial charge on any atom is 0.197 e. The highest BCUT2D eigenvalue weighted by Crippen LogP contribution is 2.49. The van der Waals surface area contributed by atoms with E-state index < -0.39 is 0 Å². The van der Waals surface area contributed by atoms with Crippen LogP contribution in [-0.4, -0.2) is 12.3 Å². The van der Waals surface area contributed by atoms with Gasteiger partial charge in [0.05, 0.1) is 40.8 Å². The molecule has 0 amide bonds. The van der Waals surface area contributed by atoms with Gasteiger partial charge in [0.25, 0.3) is 0 Å². The van der Waals surface area contributed by atoms with Crippen molar-refractivity contribution in [2.45, 2.75) is 10.1 Å². The molecular formula is C25H16ClNO3S. The largest absolute Gasteiger partial charge is 0.492 e. The summed E-state index contributed by atoms with van der Waals surface area (Å²) in [6.07, 6.45) is 1.59. The molecule has 152 valence electrons. The Bertz CT molecular complexity index is 1430. The van der Waals surface area contributed by atoms with E-state index in [0.717, 1.165) is 27.6 Å². The number of hydrogen-bond acceptors (Lipinski definition) is 5. The molecule has 4 nitrogen and oxygen atoms in total. The average molecular weight is 446 g/mol. The summed E-state index contributed by atoms with van der Waals surface area (Å²) >= 11 is 7.79. The molecule has 3 heterocycles. The number of halogens is 1. The summed E-state index contributed by atoms with van der Waals surface area (Å²) in [6.45, 7) is 0.439. The fraction of sp³-hybridized carbons (Fsp3) is 0.120. The van der Waals surface area contributed by atoms with Gasteiger partial charge in [-0.3, -0.25) is 9.79 Å². The first-order valence-corrected chi connectivity index (χ1v) is 11.2. The third kappa shape index (κ3) is 3.08. The average Bonchev–Trinajstić information content (AvgIpc) is 2.97. The van der Waals surface area contributed by atoms with Crippen LogP contribution in [0, 0.1) is 5.92 Å². The fourth-order valence-corrected chi connectivity index (χ4v) is 5.73. The number of fused-ring (bicyclic) bond motifs is 5. The third-order valence-electron chi connectivity index (χ3n) is 5.73. The maximum atomic E-state index is 13.5. The van der Waals surface area contributed by atoms with Crippen molar-refractivity contribution in [2.24, 2.45) is 10.9 Å². The van der Waals surface area contributed by atoms with Gasteiger partial charge >= 0.3 is 0 Å². The number of thioether (sulfide) groups is 1. The third-order valence-corrected chi connectivity index (χ3v) is 7.40. The second kappa shape index (κ2) is 7.29. The van der Waals surface area contributed by atoms with Crippen molar-refractivity contribution in [1.82, 2.24) is 0 Å². The second-order valence-corrected chi connectivity index (χ2v) is 9.20. The Kier molecular flexibility index (Phi) is 4.40. The highest BCUT2D eigenvalue weighted by Gasteiger charge is 2.38. The molecule has 2 aliphatic heterocycles. The van der Waals surface area contributed by atoms with E-state index in [0.29, 0.717) is 28.2 Å². The zero-order valence-electron chi connectivity index (χ0n) is 16.2. The zero-order chi connectivity index (χ0) is 20.9. The molecule has 2 atom stereocenters. The summed E-state index contributed by atoms with van der Waals surface area (Å²) in [5, 5.41) is 0.780. The van der Waals surface area contributed by atoms with Gasteiger partial charge in [-0.1, -0.05) is 35.9 Å². The molecule has 0 saturated carbocycles. The predicted octanol–water partition coefficient (Wildman–Crippen LogP) is 6.42. The van der Waals surface area contributed by atoms with Crippen LogP contribution in [0.2, 0.25) is 5.02 Å². The van der Waals surface area contributed by atoms with E-state index in [1.165, 1.54) is 0 Å². The maximum absolute atomic E-state index is 13.5. The van der Waals surface area contributed by atoms with Gasteiger partial charge in [-0.05, 0) is 42.5 Å². The number of para-hydroxylation sites is 2. The zero-order valence-corrected chi connectivity index (χ0v) is 17.8. The summed E-state index contributed by atoms with van der Waals surface area (Å²) in [7, 11) is 0. The summed E-state index contributed by atoms with van der Waals surface area (Å²) < 4.78 is 12.0. The predicted molar refractivity (Wildman–Crippen MR) is 124 cm³/mol. The minimum Gasteiger partial charge on any atom is -0.492 e. The van der Waals surface area contributed by atoms with Crippen molar-refractivity contribution in [1.29, 1.82) is 0 Å². The quantitative estimate of drug-likeness (QED) is 0.339. The molecule has 3 aromatic carbocycles. The molecule has 0 N–H and O–H groups in total. The van der Waals surface area contributed by atoms with E-state index in [4.69, 9.17) is 25.7 Å². The lowest BCUT2D eigenvalue weighted by Gasteiger charge is -2.31. The van der Waals surface area contributed by atoms with E-state index >= 15 is 0 Å². The summed E-state index contributed by atoms with van der Waals surface area (Å²) in [5.74, 6) is 0.713. The van der Waals surface area contributed by atoms with Gasteiger partial charge in [0.15, 0.2) is 5.43 Å². The monoisotopic (exact) mass is 445 g/mol. The fourth-order valence-electron chi connectivity index (χ4n) is 4.23. The van der Waals surface area contributed by atoms with Crippen LogP contribution >= 0.6 is 23.4 Å². The van der Waals surface area contributed by atoms with Crippen molar-refractivity contribution in [3.8, 4) is 5.75 Å². The minimum absolute atomic E-state index is 0.0705. The topological polar surface area (TPSA) is 51.8 Å². The van der Waals surface area contributed by atoms with Crippen LogP contribution in [0.1, 0.15) is 16.4 Å². The SMILES string of the molecule is O=c1c([C@H]2Sc3ccccc3N=C3c4ccccc4OC[C@H]32)coc2ccc(Cl)cc12. The van der Waals surface area contributed by atoms with E-state index in [-0.39, 0.29) is 16.6 Å². The van der Waals surface area contributed by atoms with Crippen LogP contribution in [0.25, 0.3) is 11.0 Å². The Hall–Kier alpha value is -3.02. The van der Waals surface area contributed by atoms with Crippen LogP contribution in [0.5, 0.6) is 5.75 Å². The standard InChI is InChI=1S/C25H16ClNO3S/c26-14-9-10-21-16(11-14)24(28)18(13-30-21)25-17-12-29-20-7-3-1-5-15(20)23(17)27-19-6-2-4-8-22(19)31-25/h1-11,13,17,25H,12H2/t17-,25+/m1/s1. The van der Waals surface area contributed by atoms with Gasteiger partial charge in [-0.15, -0.1) is 11.8 Å². The first kappa shape index (κ1) is 18.7. The molecule has 0 unspecified atom stereocenters. The van der Waals surface area contributed by atoms with E-state index in [1.54, 1.807) is 36.2 Å². The molecule has 2 aliphatic rings. The molecule has 0 bridgehead atoms. The van der Waals surface area contributed by atoms with Gasteiger partial charge in [-0.25, -0.2) is 0 Å². The Morgan fingerprint density at radius 2 is 1.87 bits per heavy atom. The highest BCUT2D eigenvalue weighted by atomic mass is 35.5. The Morgan fingerprint density at radius 1 is 1.03 bits per heavy atom. The van der Waals surface area contributed by atoms with Crippen LogP contribution < -0.4 is 10.2 Å². The molecule has 0 fully saturated rings. The molecule has 0 saturated heterocycles. The first-order chi connectivity index (χ1) is 15.2. The summed E-state index contributed by atoms with van der Waals surface area (Å²) in [5.41, 5.74) is 3.86. The second-order valence-electron chi connectivity index (χ2n) is 7.58. The number of benzene rings is 3. The lowest BCUT2D eigenvalue weighted by atomic mass is 9.88. The molecule has 0 aliphatic carbocycles. The number of aliphatic imine (C=N–C) groups is 1. The van der Waals surface area contributed by atoms with Gasteiger partial charge in [0, 0.05) is 21.0 Å². The van der Waals surface area contributed by atoms with E-state index in [1.807, 2.05) is 48.5 Å². The minimum atomic E-state index is -0.213. The molecule has 6 heteroatoms. The van der Waals surface area contributed by atoms with Crippen molar-refractivity contribution >= 4 is 45.7 Å². The number of hydrogen-bond donors (Lipinski definition) is 0. The van der Waals surface area contributed by atoms with Crippen molar-refractivity contribution in [2.75, 3.05) is 6.61 Å². The molecule has 1 aromatic heterocycles. The Morgan fingerprint density at radius 3 is 2.81 bits per heavy atom. The van der Waals surface area contributed by atoms with Crippen LogP contribution in [0.3, 0.4) is 0 Å². The van der Waals surface area contributed by atoms with Crippen molar-refractivity contribution < 1.29 is 9.15 Å². The lowest BCUT2D eigenvalue weighted by molar-refractivity contribution is 0.271. The first-order valence-electron chi connectivity index (χ1n) is 9.96. The normalized spacial score (nSPS) is 19.5. The molecule has 4 aromatic rings.